The summed E-state index contributed by atoms with van der Waals surface area (Å²) in [5.41, 5.74) is 2.56. The summed E-state index contributed by atoms with van der Waals surface area (Å²) in [5.74, 6) is 1.21. The molecule has 7 nitrogen and oxygen atoms in total. The Labute approximate surface area is 161 Å². The van der Waals surface area contributed by atoms with E-state index >= 15 is 0 Å². The van der Waals surface area contributed by atoms with Gasteiger partial charge in [-0.05, 0) is 48.5 Å². The van der Waals surface area contributed by atoms with Crippen LogP contribution in [0.4, 0.5) is 0 Å². The number of aromatic nitrogens is 4. The van der Waals surface area contributed by atoms with Gasteiger partial charge in [0.25, 0.3) is 5.91 Å². The van der Waals surface area contributed by atoms with E-state index in [1.807, 2.05) is 65.5 Å². The average Bonchev–Trinajstić information content (AvgIpc) is 3.40. The highest BCUT2D eigenvalue weighted by Crippen LogP contribution is 2.28. The molecular formula is C21H17N5O2. The van der Waals surface area contributed by atoms with Crippen molar-refractivity contribution in [2.75, 3.05) is 13.1 Å². The van der Waals surface area contributed by atoms with Crippen LogP contribution in [-0.2, 0) is 0 Å². The highest BCUT2D eigenvalue weighted by atomic mass is 16.5. The lowest BCUT2D eigenvalue weighted by Gasteiger charge is -2.37. The average molecular weight is 371 g/mol. The first-order valence-electron chi connectivity index (χ1n) is 9.04. The molecule has 0 bridgehead atoms. The van der Waals surface area contributed by atoms with Crippen LogP contribution in [0.2, 0.25) is 0 Å². The van der Waals surface area contributed by atoms with Gasteiger partial charge in [0, 0.05) is 54.7 Å². The number of carbonyl (C=O) groups excluding carboxylic acids is 1. The number of carbonyl (C=O) groups is 1. The van der Waals surface area contributed by atoms with Crippen LogP contribution in [0.15, 0.2) is 77.8 Å². The van der Waals surface area contributed by atoms with Crippen molar-refractivity contribution < 1.29 is 9.32 Å². The van der Waals surface area contributed by atoms with E-state index in [1.165, 1.54) is 0 Å². The predicted molar refractivity (Wildman–Crippen MR) is 102 cm³/mol. The molecule has 1 aliphatic rings. The van der Waals surface area contributed by atoms with Crippen LogP contribution in [0.3, 0.4) is 0 Å². The molecule has 5 rings (SSSR count). The minimum absolute atomic E-state index is 0.0178. The highest BCUT2D eigenvalue weighted by Gasteiger charge is 2.36. The van der Waals surface area contributed by atoms with Crippen LogP contribution in [0.5, 0.6) is 0 Å². The molecule has 7 heteroatoms. The number of benzene rings is 1. The quantitative estimate of drug-likeness (QED) is 0.551. The summed E-state index contributed by atoms with van der Waals surface area (Å²) in [5, 5.41) is 4.03. The molecule has 0 spiro atoms. The Morgan fingerprint density at radius 1 is 1.00 bits per heavy atom. The summed E-state index contributed by atoms with van der Waals surface area (Å²) in [7, 11) is 0. The molecule has 0 saturated carbocycles. The van der Waals surface area contributed by atoms with Crippen LogP contribution in [0, 0.1) is 0 Å². The Morgan fingerprint density at radius 3 is 2.43 bits per heavy atom. The lowest BCUT2D eigenvalue weighted by atomic mass is 9.98. The number of nitrogens with zero attached hydrogens (tertiary/aromatic N) is 5. The summed E-state index contributed by atoms with van der Waals surface area (Å²) in [4.78, 5) is 22.9. The van der Waals surface area contributed by atoms with Crippen molar-refractivity contribution in [3.8, 4) is 17.1 Å². The van der Waals surface area contributed by atoms with Gasteiger partial charge < -0.3 is 14.0 Å². The van der Waals surface area contributed by atoms with Gasteiger partial charge in [-0.3, -0.25) is 9.78 Å². The Morgan fingerprint density at radius 2 is 1.71 bits per heavy atom. The van der Waals surface area contributed by atoms with Crippen molar-refractivity contribution >= 4 is 5.91 Å². The molecule has 1 fully saturated rings. The van der Waals surface area contributed by atoms with E-state index in [2.05, 4.69) is 15.1 Å². The van der Waals surface area contributed by atoms with Gasteiger partial charge in [-0.1, -0.05) is 5.16 Å². The summed E-state index contributed by atoms with van der Waals surface area (Å²) in [6, 6.07) is 15.2. The Bertz CT molecular complexity index is 1080. The first-order chi connectivity index (χ1) is 13.8. The Balaban J connectivity index is 1.23. The maximum Gasteiger partial charge on any atom is 0.253 e. The van der Waals surface area contributed by atoms with Gasteiger partial charge in [0.2, 0.25) is 11.7 Å². The fourth-order valence-electron chi connectivity index (χ4n) is 3.29. The molecule has 1 amide bonds. The van der Waals surface area contributed by atoms with E-state index < -0.39 is 0 Å². The summed E-state index contributed by atoms with van der Waals surface area (Å²) >= 11 is 0. The Kier molecular flexibility index (Phi) is 3.97. The molecule has 0 atom stereocenters. The predicted octanol–water partition coefficient (Wildman–Crippen LogP) is 3.16. The van der Waals surface area contributed by atoms with Crippen LogP contribution >= 0.6 is 0 Å². The molecule has 4 heterocycles. The summed E-state index contributed by atoms with van der Waals surface area (Å²) in [6.07, 6.45) is 7.33. The minimum Gasteiger partial charge on any atom is -0.339 e. The normalized spacial score (nSPS) is 14.1. The van der Waals surface area contributed by atoms with E-state index in [0.29, 0.717) is 30.4 Å². The standard InChI is InChI=1S/C21H17N5O2/c27-21(16-3-5-18(6-4-16)25-11-1-2-12-25)26-13-17(14-26)20-23-19(24-28-20)15-7-9-22-10-8-15/h1-12,17H,13-14H2. The first kappa shape index (κ1) is 16.4. The summed E-state index contributed by atoms with van der Waals surface area (Å²) < 4.78 is 7.40. The van der Waals surface area contributed by atoms with E-state index in [0.717, 1.165) is 11.3 Å². The van der Waals surface area contributed by atoms with Crippen molar-refractivity contribution in [2.45, 2.75) is 5.92 Å². The van der Waals surface area contributed by atoms with Crippen molar-refractivity contribution in [1.29, 1.82) is 0 Å². The van der Waals surface area contributed by atoms with Gasteiger partial charge in [0.05, 0.1) is 5.92 Å². The number of pyridine rings is 1. The second-order valence-electron chi connectivity index (χ2n) is 6.74. The van der Waals surface area contributed by atoms with Gasteiger partial charge in [0.15, 0.2) is 0 Å². The van der Waals surface area contributed by atoms with Crippen molar-refractivity contribution in [2.24, 2.45) is 0 Å². The number of likely N-dealkylation sites (tertiary alicyclic amines) is 1. The largest absolute Gasteiger partial charge is 0.339 e. The maximum absolute atomic E-state index is 12.7. The topological polar surface area (TPSA) is 77.1 Å². The van der Waals surface area contributed by atoms with Crippen LogP contribution in [0.1, 0.15) is 22.2 Å². The molecule has 28 heavy (non-hydrogen) atoms. The third-order valence-corrected chi connectivity index (χ3v) is 4.92. The monoisotopic (exact) mass is 371 g/mol. The van der Waals surface area contributed by atoms with Gasteiger partial charge in [-0.25, -0.2) is 0 Å². The number of hydrogen-bond acceptors (Lipinski definition) is 5. The molecule has 0 unspecified atom stereocenters. The third kappa shape index (κ3) is 2.96. The zero-order valence-corrected chi connectivity index (χ0v) is 15.0. The third-order valence-electron chi connectivity index (χ3n) is 4.92. The fourth-order valence-corrected chi connectivity index (χ4v) is 3.29. The smallest absolute Gasteiger partial charge is 0.253 e. The molecular weight excluding hydrogens is 354 g/mol. The van der Waals surface area contributed by atoms with Crippen LogP contribution < -0.4 is 0 Å². The van der Waals surface area contributed by atoms with Crippen molar-refractivity contribution in [3.05, 3.63) is 84.8 Å². The number of rotatable bonds is 4. The molecule has 0 N–H and O–H groups in total. The van der Waals surface area contributed by atoms with Crippen molar-refractivity contribution in [1.82, 2.24) is 24.6 Å². The molecule has 3 aromatic heterocycles. The number of hydrogen-bond donors (Lipinski definition) is 0. The molecule has 1 aliphatic heterocycles. The molecule has 0 aliphatic carbocycles. The zero-order chi connectivity index (χ0) is 18.9. The van der Waals surface area contributed by atoms with E-state index in [9.17, 15) is 4.79 Å². The zero-order valence-electron chi connectivity index (χ0n) is 15.0. The van der Waals surface area contributed by atoms with E-state index in [4.69, 9.17) is 4.52 Å². The van der Waals surface area contributed by atoms with Gasteiger partial charge in [-0.2, -0.15) is 4.98 Å². The van der Waals surface area contributed by atoms with E-state index in [-0.39, 0.29) is 11.8 Å². The maximum atomic E-state index is 12.7. The molecule has 1 aromatic carbocycles. The number of amides is 1. The fraction of sp³-hybridized carbons (Fsp3) is 0.143. The lowest BCUT2D eigenvalue weighted by Crippen LogP contribution is -2.48. The van der Waals surface area contributed by atoms with Gasteiger partial charge in [-0.15, -0.1) is 0 Å². The lowest BCUT2D eigenvalue weighted by molar-refractivity contribution is 0.0569. The van der Waals surface area contributed by atoms with E-state index in [1.54, 1.807) is 17.3 Å². The molecule has 1 saturated heterocycles. The SMILES string of the molecule is O=C(c1ccc(-n2cccc2)cc1)N1CC(c2nc(-c3ccncc3)no2)C1. The second-order valence-corrected chi connectivity index (χ2v) is 6.74. The first-order valence-corrected chi connectivity index (χ1v) is 9.04. The minimum atomic E-state index is 0.0178. The second kappa shape index (κ2) is 6.77. The molecule has 0 radical (unpaired) electrons. The van der Waals surface area contributed by atoms with Gasteiger partial charge >= 0.3 is 0 Å². The summed E-state index contributed by atoms with van der Waals surface area (Å²) in [6.45, 7) is 1.16. The molecule has 4 aromatic rings. The van der Waals surface area contributed by atoms with Gasteiger partial charge in [0.1, 0.15) is 0 Å². The van der Waals surface area contributed by atoms with Crippen LogP contribution in [-0.4, -0.2) is 43.6 Å². The van der Waals surface area contributed by atoms with Crippen molar-refractivity contribution in [3.63, 3.8) is 0 Å². The molecule has 138 valence electrons. The van der Waals surface area contributed by atoms with Crippen LogP contribution in [0.25, 0.3) is 17.1 Å². The Hall–Kier alpha value is -3.74. The highest BCUT2D eigenvalue weighted by molar-refractivity contribution is 5.95.